The molecule has 0 radical (unpaired) electrons. The zero-order valence-electron chi connectivity index (χ0n) is 17.2. The van der Waals surface area contributed by atoms with Crippen LogP contribution < -0.4 is 0 Å². The summed E-state index contributed by atoms with van der Waals surface area (Å²) in [6.07, 6.45) is 3.85. The number of aromatic nitrogens is 2. The number of nitrogens with zero attached hydrogens (tertiary/aromatic N) is 4. The minimum atomic E-state index is -1.18. The molecule has 0 saturated carbocycles. The van der Waals surface area contributed by atoms with Gasteiger partial charge in [0.05, 0.1) is 38.1 Å². The molecule has 2 aliphatic heterocycles. The maximum Gasteiger partial charge on any atom is 0.257 e. The number of hydrogen-bond donors (Lipinski definition) is 0. The molecule has 2 aliphatic rings. The van der Waals surface area contributed by atoms with Gasteiger partial charge < -0.3 is 19.3 Å². The zero-order valence-corrected chi connectivity index (χ0v) is 17.2. The minimum absolute atomic E-state index is 0.0458. The van der Waals surface area contributed by atoms with Crippen LogP contribution in [0.15, 0.2) is 30.6 Å². The molecular formula is C21H24F2N4O4. The molecule has 166 valence electrons. The summed E-state index contributed by atoms with van der Waals surface area (Å²) in [7, 11) is 0. The van der Waals surface area contributed by atoms with E-state index < -0.39 is 23.3 Å². The van der Waals surface area contributed by atoms with Crippen LogP contribution in [0.5, 0.6) is 0 Å². The summed E-state index contributed by atoms with van der Waals surface area (Å²) in [5, 5.41) is 4.16. The first-order valence-corrected chi connectivity index (χ1v) is 10.2. The van der Waals surface area contributed by atoms with Crippen LogP contribution in [-0.2, 0) is 16.0 Å². The van der Waals surface area contributed by atoms with Crippen molar-refractivity contribution in [1.29, 1.82) is 0 Å². The van der Waals surface area contributed by atoms with E-state index in [0.29, 0.717) is 31.7 Å². The van der Waals surface area contributed by atoms with Crippen molar-refractivity contribution in [3.63, 3.8) is 0 Å². The quantitative estimate of drug-likeness (QED) is 0.738. The molecule has 1 aromatic heterocycles. The number of halogens is 2. The number of amides is 2. The summed E-state index contributed by atoms with van der Waals surface area (Å²) < 4.78 is 40.4. The molecule has 1 unspecified atom stereocenters. The lowest BCUT2D eigenvalue weighted by molar-refractivity contribution is -0.258. The monoisotopic (exact) mass is 434 g/mol. The molecule has 2 saturated heterocycles. The Morgan fingerprint density at radius 3 is 2.45 bits per heavy atom. The van der Waals surface area contributed by atoms with E-state index in [1.165, 1.54) is 17.2 Å². The van der Waals surface area contributed by atoms with E-state index in [1.54, 1.807) is 15.8 Å². The molecule has 0 aliphatic carbocycles. The summed E-state index contributed by atoms with van der Waals surface area (Å²) in [6.45, 7) is 4.14. The number of hydrogen-bond acceptors (Lipinski definition) is 5. The third kappa shape index (κ3) is 4.45. The van der Waals surface area contributed by atoms with Crippen molar-refractivity contribution in [2.24, 2.45) is 0 Å². The number of rotatable bonds is 3. The Morgan fingerprint density at radius 2 is 1.74 bits per heavy atom. The second-order valence-electron chi connectivity index (χ2n) is 7.63. The normalized spacial score (nSPS) is 21.9. The molecular weight excluding hydrogens is 410 g/mol. The Kier molecular flexibility index (Phi) is 6.01. The van der Waals surface area contributed by atoms with Crippen LogP contribution >= 0.6 is 0 Å². The number of carbonyl (C=O) groups excluding carboxylic acids is 2. The summed E-state index contributed by atoms with van der Waals surface area (Å²) in [6, 6.07) is 3.06. The Bertz CT molecular complexity index is 982. The number of carbonyl (C=O) groups is 2. The van der Waals surface area contributed by atoms with E-state index in [4.69, 9.17) is 9.47 Å². The van der Waals surface area contributed by atoms with Crippen LogP contribution in [0.4, 0.5) is 8.78 Å². The highest BCUT2D eigenvalue weighted by Gasteiger charge is 2.43. The number of aryl methyl sites for hydroxylation is 1. The molecule has 3 heterocycles. The highest BCUT2D eigenvalue weighted by atomic mass is 19.2. The Hall–Kier alpha value is -2.85. The summed E-state index contributed by atoms with van der Waals surface area (Å²) >= 11 is 0. The molecule has 0 bridgehead atoms. The van der Waals surface area contributed by atoms with Crippen LogP contribution in [0.1, 0.15) is 34.1 Å². The topological polar surface area (TPSA) is 76.9 Å². The van der Waals surface area contributed by atoms with Gasteiger partial charge >= 0.3 is 0 Å². The average Bonchev–Trinajstić information content (AvgIpc) is 3.17. The van der Waals surface area contributed by atoms with Crippen LogP contribution in [0.2, 0.25) is 0 Å². The molecule has 31 heavy (non-hydrogen) atoms. The fourth-order valence-corrected chi connectivity index (χ4v) is 3.86. The van der Waals surface area contributed by atoms with Gasteiger partial charge in [0, 0.05) is 31.4 Å². The zero-order chi connectivity index (χ0) is 22.0. The van der Waals surface area contributed by atoms with Crippen LogP contribution in [0.3, 0.4) is 0 Å². The predicted octanol–water partition coefficient (Wildman–Crippen LogP) is 1.91. The van der Waals surface area contributed by atoms with Gasteiger partial charge in [0.25, 0.3) is 11.8 Å². The van der Waals surface area contributed by atoms with E-state index in [9.17, 15) is 18.4 Å². The van der Waals surface area contributed by atoms with Crippen LogP contribution in [-0.4, -0.2) is 76.6 Å². The third-order valence-corrected chi connectivity index (χ3v) is 5.47. The summed E-state index contributed by atoms with van der Waals surface area (Å²) in [4.78, 5) is 29.0. The minimum Gasteiger partial charge on any atom is -0.347 e. The lowest BCUT2D eigenvalue weighted by atomic mass is 10.1. The number of ether oxygens (including phenoxy) is 2. The lowest BCUT2D eigenvalue weighted by Gasteiger charge is -2.43. The summed E-state index contributed by atoms with van der Waals surface area (Å²) in [5.74, 6) is -3.90. The first-order valence-electron chi connectivity index (χ1n) is 10.2. The highest BCUT2D eigenvalue weighted by molar-refractivity contribution is 5.95. The van der Waals surface area contributed by atoms with Gasteiger partial charge in [-0.05, 0) is 31.5 Å². The molecule has 8 nitrogen and oxygen atoms in total. The Morgan fingerprint density at radius 1 is 1.03 bits per heavy atom. The summed E-state index contributed by atoms with van der Waals surface area (Å²) in [5.41, 5.74) is 0.522. The van der Waals surface area contributed by atoms with Crippen LogP contribution in [0.25, 0.3) is 0 Å². The molecule has 2 aromatic rings. The first kappa shape index (κ1) is 21.4. The van der Waals surface area contributed by atoms with E-state index >= 15 is 0 Å². The molecule has 1 spiro atoms. The van der Waals surface area contributed by atoms with Crippen molar-refractivity contribution in [3.05, 3.63) is 53.4 Å². The second-order valence-corrected chi connectivity index (χ2v) is 7.63. The maximum atomic E-state index is 13.6. The molecule has 10 heteroatoms. The average molecular weight is 434 g/mol. The van der Waals surface area contributed by atoms with Crippen molar-refractivity contribution in [2.45, 2.75) is 25.7 Å². The molecule has 2 amide bonds. The van der Waals surface area contributed by atoms with Gasteiger partial charge in [-0.1, -0.05) is 0 Å². The van der Waals surface area contributed by atoms with Gasteiger partial charge in [0.2, 0.25) is 5.79 Å². The molecule has 2 fully saturated rings. The fourth-order valence-electron chi connectivity index (χ4n) is 3.86. The van der Waals surface area contributed by atoms with Crippen molar-refractivity contribution in [1.82, 2.24) is 19.6 Å². The van der Waals surface area contributed by atoms with Gasteiger partial charge in [0.1, 0.15) is 0 Å². The van der Waals surface area contributed by atoms with Gasteiger partial charge in [-0.15, -0.1) is 0 Å². The van der Waals surface area contributed by atoms with Crippen molar-refractivity contribution < 1.29 is 27.8 Å². The maximum absolute atomic E-state index is 13.6. The van der Waals surface area contributed by atoms with Gasteiger partial charge in [-0.25, -0.2) is 8.78 Å². The number of benzene rings is 1. The largest absolute Gasteiger partial charge is 0.347 e. The van der Waals surface area contributed by atoms with Crippen molar-refractivity contribution >= 4 is 11.8 Å². The van der Waals surface area contributed by atoms with E-state index in [1.807, 2.05) is 6.92 Å². The van der Waals surface area contributed by atoms with Crippen molar-refractivity contribution in [2.75, 3.05) is 39.4 Å². The van der Waals surface area contributed by atoms with E-state index in [-0.39, 0.29) is 37.7 Å². The first-order chi connectivity index (χ1) is 14.9. The van der Waals surface area contributed by atoms with Gasteiger partial charge in [0.15, 0.2) is 11.6 Å². The highest BCUT2D eigenvalue weighted by Crippen LogP contribution is 2.26. The van der Waals surface area contributed by atoms with E-state index in [2.05, 4.69) is 5.10 Å². The predicted molar refractivity (Wildman–Crippen MR) is 105 cm³/mol. The van der Waals surface area contributed by atoms with Crippen LogP contribution in [0, 0.1) is 11.6 Å². The second kappa shape index (κ2) is 8.72. The Balaban J connectivity index is 1.51. The Labute approximate surface area is 178 Å². The molecule has 1 aromatic carbocycles. The number of morpholine rings is 1. The molecule has 4 rings (SSSR count). The third-order valence-electron chi connectivity index (χ3n) is 5.47. The molecule has 0 N–H and O–H groups in total. The van der Waals surface area contributed by atoms with Crippen molar-refractivity contribution in [3.8, 4) is 0 Å². The van der Waals surface area contributed by atoms with Gasteiger partial charge in [-0.3, -0.25) is 14.3 Å². The SMILES string of the molecule is CCn1cc(C(=O)N2CCCOC3(C2)CN(C(=O)c2ccc(F)c(F)c2)CCO3)cn1. The fraction of sp³-hybridized carbons (Fsp3) is 0.476. The lowest BCUT2D eigenvalue weighted by Crippen LogP contribution is -2.59. The van der Waals surface area contributed by atoms with Gasteiger partial charge in [-0.2, -0.15) is 5.10 Å². The molecule has 1 atom stereocenters. The van der Waals surface area contributed by atoms with E-state index in [0.717, 1.165) is 12.1 Å². The standard InChI is InChI=1S/C21H24F2N4O4/c1-2-27-12-16(11-24-27)20(29)25-6-3-8-30-21(13-25)14-26(7-9-31-21)19(28)15-4-5-17(22)18(23)10-15/h4-5,10-12H,2-3,6-9,13-14H2,1H3. The smallest absolute Gasteiger partial charge is 0.257 e.